The Morgan fingerprint density at radius 3 is 2.41 bits per heavy atom. The zero-order valence-corrected chi connectivity index (χ0v) is 9.68. The van der Waals surface area contributed by atoms with Crippen molar-refractivity contribution in [1.82, 2.24) is 0 Å². The van der Waals surface area contributed by atoms with Gasteiger partial charge in [0, 0.05) is 0 Å². The number of halogens is 3. The van der Waals surface area contributed by atoms with Gasteiger partial charge in [-0.25, -0.2) is 0 Å². The molecule has 2 rings (SSSR count). The standard InChI is InChI=1S/C14H13F3/c1-9-6-12(7-10(9)2)11-4-3-5-13(8-11)14(15,16)17/h3-9H,1-2H3. The molecular weight excluding hydrogens is 225 g/mol. The van der Waals surface area contributed by atoms with Gasteiger partial charge in [0.15, 0.2) is 0 Å². The highest BCUT2D eigenvalue weighted by molar-refractivity contribution is 5.78. The van der Waals surface area contributed by atoms with Crippen molar-refractivity contribution in [2.24, 2.45) is 5.92 Å². The van der Waals surface area contributed by atoms with E-state index in [9.17, 15) is 13.2 Å². The van der Waals surface area contributed by atoms with Gasteiger partial charge < -0.3 is 0 Å². The average molecular weight is 238 g/mol. The minimum absolute atomic E-state index is 0.305. The molecule has 0 N–H and O–H groups in total. The van der Waals surface area contributed by atoms with Gasteiger partial charge in [-0.05, 0) is 36.1 Å². The van der Waals surface area contributed by atoms with E-state index in [4.69, 9.17) is 0 Å². The van der Waals surface area contributed by atoms with Crippen molar-refractivity contribution in [1.29, 1.82) is 0 Å². The summed E-state index contributed by atoms with van der Waals surface area (Å²) in [5.74, 6) is 0.305. The molecule has 0 nitrogen and oxygen atoms in total. The molecule has 1 aromatic carbocycles. The zero-order chi connectivity index (χ0) is 12.6. The van der Waals surface area contributed by atoms with Gasteiger partial charge in [-0.2, -0.15) is 13.2 Å². The maximum atomic E-state index is 12.6. The van der Waals surface area contributed by atoms with Gasteiger partial charge in [-0.3, -0.25) is 0 Å². The molecule has 0 amide bonds. The van der Waals surface area contributed by atoms with Gasteiger partial charge >= 0.3 is 6.18 Å². The minimum atomic E-state index is -4.28. The lowest BCUT2D eigenvalue weighted by Crippen LogP contribution is -2.04. The third-order valence-corrected chi connectivity index (χ3v) is 3.05. The van der Waals surface area contributed by atoms with E-state index in [2.05, 4.69) is 0 Å². The number of rotatable bonds is 1. The molecule has 3 heteroatoms. The summed E-state index contributed by atoms with van der Waals surface area (Å²) in [7, 11) is 0. The fraction of sp³-hybridized carbons (Fsp3) is 0.286. The van der Waals surface area contributed by atoms with Crippen LogP contribution in [0.5, 0.6) is 0 Å². The molecule has 0 spiro atoms. The molecule has 0 bridgehead atoms. The van der Waals surface area contributed by atoms with E-state index in [1.165, 1.54) is 17.7 Å². The van der Waals surface area contributed by atoms with Crippen molar-refractivity contribution in [2.45, 2.75) is 20.0 Å². The fourth-order valence-corrected chi connectivity index (χ4v) is 1.88. The topological polar surface area (TPSA) is 0 Å². The Morgan fingerprint density at radius 2 is 1.88 bits per heavy atom. The van der Waals surface area contributed by atoms with E-state index in [1.54, 1.807) is 6.07 Å². The van der Waals surface area contributed by atoms with Crippen molar-refractivity contribution < 1.29 is 13.2 Å². The second kappa shape index (κ2) is 4.06. The molecule has 0 saturated heterocycles. The van der Waals surface area contributed by atoms with Crippen LogP contribution in [0.1, 0.15) is 25.0 Å². The van der Waals surface area contributed by atoms with Crippen LogP contribution in [-0.4, -0.2) is 0 Å². The lowest BCUT2D eigenvalue weighted by molar-refractivity contribution is -0.137. The van der Waals surface area contributed by atoms with Gasteiger partial charge in [0.05, 0.1) is 5.56 Å². The molecule has 1 aliphatic rings. The lowest BCUT2D eigenvalue weighted by atomic mass is 10.0. The highest BCUT2D eigenvalue weighted by atomic mass is 19.4. The first-order valence-corrected chi connectivity index (χ1v) is 5.45. The molecule has 1 aromatic rings. The van der Waals surface area contributed by atoms with Gasteiger partial charge in [0.25, 0.3) is 0 Å². The first-order chi connectivity index (χ1) is 7.88. The van der Waals surface area contributed by atoms with Crippen LogP contribution in [0.2, 0.25) is 0 Å². The van der Waals surface area contributed by atoms with Crippen LogP contribution in [0.4, 0.5) is 13.2 Å². The van der Waals surface area contributed by atoms with E-state index in [1.807, 2.05) is 26.0 Å². The summed E-state index contributed by atoms with van der Waals surface area (Å²) >= 11 is 0. The summed E-state index contributed by atoms with van der Waals surface area (Å²) in [6, 6.07) is 5.46. The Balaban J connectivity index is 2.39. The van der Waals surface area contributed by atoms with Gasteiger partial charge in [-0.1, -0.05) is 36.8 Å². The summed E-state index contributed by atoms with van der Waals surface area (Å²) in [5.41, 5.74) is 2.09. The van der Waals surface area contributed by atoms with Crippen molar-refractivity contribution in [3.8, 4) is 0 Å². The predicted molar refractivity (Wildman–Crippen MR) is 62.3 cm³/mol. The third kappa shape index (κ3) is 2.43. The van der Waals surface area contributed by atoms with Gasteiger partial charge in [0.2, 0.25) is 0 Å². The molecule has 0 aromatic heterocycles. The van der Waals surface area contributed by atoms with E-state index in [-0.39, 0.29) is 0 Å². The predicted octanol–water partition coefficient (Wildman–Crippen LogP) is 4.68. The number of hydrogen-bond acceptors (Lipinski definition) is 0. The van der Waals surface area contributed by atoms with E-state index < -0.39 is 11.7 Å². The summed E-state index contributed by atoms with van der Waals surface area (Å²) in [4.78, 5) is 0. The van der Waals surface area contributed by atoms with Crippen LogP contribution >= 0.6 is 0 Å². The summed E-state index contributed by atoms with van der Waals surface area (Å²) in [5, 5.41) is 0. The minimum Gasteiger partial charge on any atom is -0.166 e. The average Bonchev–Trinajstić information content (AvgIpc) is 2.58. The van der Waals surface area contributed by atoms with Crippen LogP contribution in [0, 0.1) is 5.92 Å². The SMILES string of the molecule is CC1=CC(c2cccc(C(F)(F)F)c2)=CC1C. The zero-order valence-electron chi connectivity index (χ0n) is 9.68. The normalized spacial score (nSPS) is 20.2. The molecule has 1 unspecified atom stereocenters. The number of benzene rings is 1. The number of hydrogen-bond donors (Lipinski definition) is 0. The van der Waals surface area contributed by atoms with Crippen molar-refractivity contribution >= 4 is 5.57 Å². The number of alkyl halides is 3. The molecule has 0 saturated carbocycles. The highest BCUT2D eigenvalue weighted by Crippen LogP contribution is 2.34. The highest BCUT2D eigenvalue weighted by Gasteiger charge is 2.30. The Hall–Kier alpha value is -1.51. The Morgan fingerprint density at radius 1 is 1.18 bits per heavy atom. The first kappa shape index (κ1) is 12.0. The maximum absolute atomic E-state index is 12.6. The molecule has 90 valence electrons. The van der Waals surface area contributed by atoms with Gasteiger partial charge in [0.1, 0.15) is 0 Å². The Labute approximate surface area is 98.5 Å². The summed E-state index contributed by atoms with van der Waals surface area (Å²) < 4.78 is 37.7. The quantitative estimate of drug-likeness (QED) is 0.666. The molecule has 1 aliphatic carbocycles. The molecule has 0 heterocycles. The molecule has 0 aliphatic heterocycles. The van der Waals surface area contributed by atoms with E-state index in [0.717, 1.165) is 11.6 Å². The monoisotopic (exact) mass is 238 g/mol. The lowest BCUT2D eigenvalue weighted by Gasteiger charge is -2.08. The second-order valence-corrected chi connectivity index (χ2v) is 4.38. The Bertz CT molecular complexity index is 492. The van der Waals surface area contributed by atoms with Crippen LogP contribution in [-0.2, 0) is 6.18 Å². The molecular formula is C14H13F3. The van der Waals surface area contributed by atoms with Gasteiger partial charge in [-0.15, -0.1) is 0 Å². The van der Waals surface area contributed by atoms with Crippen LogP contribution in [0.25, 0.3) is 5.57 Å². The largest absolute Gasteiger partial charge is 0.416 e. The van der Waals surface area contributed by atoms with Crippen LogP contribution in [0.15, 0.2) is 42.0 Å². The molecule has 0 fully saturated rings. The van der Waals surface area contributed by atoms with E-state index >= 15 is 0 Å². The molecule has 0 radical (unpaired) electrons. The summed E-state index contributed by atoms with van der Waals surface area (Å²) in [6.07, 6.45) is -0.343. The maximum Gasteiger partial charge on any atom is 0.416 e. The van der Waals surface area contributed by atoms with Crippen molar-refractivity contribution in [3.05, 3.63) is 53.1 Å². The molecule has 1 atom stereocenters. The van der Waals surface area contributed by atoms with E-state index in [0.29, 0.717) is 11.5 Å². The van der Waals surface area contributed by atoms with Crippen molar-refractivity contribution in [2.75, 3.05) is 0 Å². The van der Waals surface area contributed by atoms with Crippen LogP contribution in [0.3, 0.4) is 0 Å². The smallest absolute Gasteiger partial charge is 0.166 e. The van der Waals surface area contributed by atoms with Crippen molar-refractivity contribution in [3.63, 3.8) is 0 Å². The fourth-order valence-electron chi connectivity index (χ4n) is 1.88. The third-order valence-electron chi connectivity index (χ3n) is 3.05. The summed E-state index contributed by atoms with van der Waals surface area (Å²) in [6.45, 7) is 4.02. The van der Waals surface area contributed by atoms with Crippen LogP contribution < -0.4 is 0 Å². The second-order valence-electron chi connectivity index (χ2n) is 4.38. The molecule has 17 heavy (non-hydrogen) atoms. The Kier molecular flexibility index (Phi) is 2.86. The number of allylic oxidation sites excluding steroid dienone is 4. The first-order valence-electron chi connectivity index (χ1n) is 5.45.